The fourth-order valence-corrected chi connectivity index (χ4v) is 7.98. The van der Waals surface area contributed by atoms with Gasteiger partial charge < -0.3 is 0 Å². The molecule has 0 nitrogen and oxygen atoms in total. The molecule has 0 saturated heterocycles. The third-order valence-electron chi connectivity index (χ3n) is 8.70. The number of fused-ring (bicyclic) bond motifs is 18. The van der Waals surface area contributed by atoms with E-state index in [1.54, 1.807) is 12.8 Å². The molecule has 0 aliphatic heterocycles. The van der Waals surface area contributed by atoms with Crippen LogP contribution in [0.2, 0.25) is 0 Å². The van der Waals surface area contributed by atoms with Gasteiger partial charge in [0.05, 0.1) is 0 Å². The molecule has 0 bridgehead atoms. The second kappa shape index (κ2) is 1.84. The lowest BCUT2D eigenvalue weighted by atomic mass is 9.20. The average Bonchev–Trinajstić information content (AvgIpc) is 2.28. The van der Waals surface area contributed by atoms with Crippen molar-refractivity contribution in [1.29, 1.82) is 0 Å². The summed E-state index contributed by atoms with van der Waals surface area (Å²) in [6, 6.07) is 0. The monoisotopic (exact) mass is 232 g/mol. The summed E-state index contributed by atoms with van der Waals surface area (Å²) in [7, 11) is 0. The average molecular weight is 232 g/mol. The molecule has 0 radical (unpaired) electrons. The zero-order chi connectivity index (χ0) is 10.9. The zero-order valence-electron chi connectivity index (χ0n) is 10.4. The maximum absolute atomic E-state index is 1.93. The van der Waals surface area contributed by atoms with Crippen molar-refractivity contribution in [3.8, 4) is 0 Å². The summed E-state index contributed by atoms with van der Waals surface area (Å²) in [4.78, 5) is 0. The van der Waals surface area contributed by atoms with Crippen LogP contribution in [0.4, 0.5) is 0 Å². The zero-order valence-corrected chi connectivity index (χ0v) is 10.4. The van der Waals surface area contributed by atoms with Gasteiger partial charge in [-0.3, -0.25) is 0 Å². The van der Waals surface area contributed by atoms with Gasteiger partial charge in [0.25, 0.3) is 0 Å². The number of rotatable bonds is 0. The van der Waals surface area contributed by atoms with Crippen molar-refractivity contribution >= 4 is 0 Å². The highest BCUT2D eigenvalue weighted by molar-refractivity contribution is 5.69. The van der Waals surface area contributed by atoms with Gasteiger partial charge in [0.15, 0.2) is 0 Å². The van der Waals surface area contributed by atoms with Crippen LogP contribution < -0.4 is 0 Å². The Morgan fingerprint density at radius 1 is 0.611 bits per heavy atom. The van der Waals surface area contributed by atoms with E-state index >= 15 is 0 Å². The first-order valence-corrected chi connectivity index (χ1v) is 8.18. The van der Waals surface area contributed by atoms with Crippen LogP contribution in [0.5, 0.6) is 0 Å². The maximum atomic E-state index is 1.93. The van der Waals surface area contributed by atoms with E-state index in [0.717, 1.165) is 11.8 Å². The number of hydrogen-bond donors (Lipinski definition) is 0. The van der Waals surface area contributed by atoms with E-state index in [9.17, 15) is 0 Å². The van der Waals surface area contributed by atoms with E-state index in [-0.39, 0.29) is 0 Å². The Kier molecular flexibility index (Phi) is 0.788. The van der Waals surface area contributed by atoms with E-state index in [4.69, 9.17) is 0 Å². The summed E-state index contributed by atoms with van der Waals surface area (Å²) in [5.41, 5.74) is 7.49. The van der Waals surface area contributed by atoms with Crippen molar-refractivity contribution in [2.45, 2.75) is 37.5 Å². The van der Waals surface area contributed by atoms with Gasteiger partial charge in [-0.1, -0.05) is 0 Å². The van der Waals surface area contributed by atoms with Gasteiger partial charge >= 0.3 is 0 Å². The van der Waals surface area contributed by atoms with E-state index in [1.807, 2.05) is 32.7 Å². The molecule has 0 heteroatoms. The summed E-state index contributed by atoms with van der Waals surface area (Å²) in [6.45, 7) is 0. The Morgan fingerprint density at radius 2 is 1.11 bits per heavy atom. The molecule has 8 aliphatic carbocycles. The fraction of sp³-hybridized carbons (Fsp3) is 0.667. The third kappa shape index (κ3) is 0.424. The molecule has 0 amide bonds. The molecule has 0 N–H and O–H groups in total. The topological polar surface area (TPSA) is 0 Å². The largest absolute Gasteiger partial charge is 0.0496 e. The van der Waals surface area contributed by atoms with Gasteiger partial charge in [0.2, 0.25) is 0 Å². The molecule has 18 heavy (non-hydrogen) atoms. The quantitative estimate of drug-likeness (QED) is 0.483. The van der Waals surface area contributed by atoms with E-state index in [2.05, 4.69) is 0 Å². The van der Waals surface area contributed by atoms with E-state index < -0.39 is 0 Å². The summed E-state index contributed by atoms with van der Waals surface area (Å²) in [5, 5.41) is 3.66. The second-order valence-corrected chi connectivity index (χ2v) is 8.30. The van der Waals surface area contributed by atoms with E-state index in [1.165, 1.54) is 48.3 Å². The van der Waals surface area contributed by atoms with Gasteiger partial charge in [-0.15, -0.1) is 0 Å². The minimum atomic E-state index is 1.10. The molecule has 4 saturated carbocycles. The standard InChI is InChI=1S/C18H16/c1-2-6-5(1)9-10(6)14-13(9)17-15-11-7-3-4-8(7)12(11)16(15)18(14)17/h5-6,9-10,13-14,17-18H,1-4H2. The molecule has 88 valence electrons. The lowest BCUT2D eigenvalue weighted by Crippen LogP contribution is -2.78. The highest BCUT2D eigenvalue weighted by Gasteiger charge is 2.80. The molecule has 0 aromatic heterocycles. The summed E-state index contributed by atoms with van der Waals surface area (Å²) in [5.74, 6) is 9.47. The predicted octanol–water partition coefficient (Wildman–Crippen LogP) is 3.10. The molecular weight excluding hydrogens is 216 g/mol. The first-order chi connectivity index (χ1) is 8.97. The van der Waals surface area contributed by atoms with Crippen LogP contribution >= 0.6 is 0 Å². The van der Waals surface area contributed by atoms with Crippen molar-refractivity contribution in [2.24, 2.45) is 35.5 Å². The lowest BCUT2D eigenvalue weighted by Gasteiger charge is -2.84. The molecule has 0 heterocycles. The van der Waals surface area contributed by atoms with Gasteiger partial charge in [-0.2, -0.15) is 0 Å². The predicted molar refractivity (Wildman–Crippen MR) is 67.2 cm³/mol. The highest BCUT2D eigenvalue weighted by Crippen LogP contribution is 2.87. The SMILES string of the molecule is C1Cc2c1c1c3c(c2=1)C1C3C2C3C4CCC4C3C12. The second-order valence-electron chi connectivity index (χ2n) is 8.30. The normalized spacial score (nSPS) is 59.3. The van der Waals surface area contributed by atoms with Gasteiger partial charge in [-0.05, 0) is 106 Å². The molecule has 8 aliphatic rings. The highest BCUT2D eigenvalue weighted by atomic mass is 14.8. The van der Waals surface area contributed by atoms with Crippen LogP contribution in [-0.4, -0.2) is 0 Å². The first-order valence-electron chi connectivity index (χ1n) is 8.18. The van der Waals surface area contributed by atoms with Gasteiger partial charge in [-0.25, -0.2) is 0 Å². The van der Waals surface area contributed by atoms with Crippen LogP contribution in [-0.2, 0) is 12.8 Å². The Morgan fingerprint density at radius 3 is 1.50 bits per heavy atom. The molecule has 4 fully saturated rings. The third-order valence-corrected chi connectivity index (χ3v) is 8.70. The summed E-state index contributed by atoms with van der Waals surface area (Å²) >= 11 is 0. The van der Waals surface area contributed by atoms with Crippen LogP contribution in [0.1, 0.15) is 46.9 Å². The van der Waals surface area contributed by atoms with Gasteiger partial charge in [0, 0.05) is 0 Å². The number of hydrogen-bond acceptors (Lipinski definition) is 0. The Balaban J connectivity index is 1.34. The Bertz CT molecular complexity index is 734. The summed E-state index contributed by atoms with van der Waals surface area (Å²) < 4.78 is 0. The van der Waals surface area contributed by atoms with Crippen LogP contribution in [0.3, 0.4) is 0 Å². The van der Waals surface area contributed by atoms with Crippen LogP contribution in [0, 0.1) is 45.9 Å². The smallest absolute Gasteiger partial charge is 0.00464 e. The van der Waals surface area contributed by atoms with Gasteiger partial charge in [0.1, 0.15) is 0 Å². The maximum Gasteiger partial charge on any atom is -0.00464 e. The summed E-state index contributed by atoms with van der Waals surface area (Å²) in [6.07, 6.45) is 6.05. The molecule has 0 aromatic rings. The molecule has 8 rings (SSSR count). The van der Waals surface area contributed by atoms with Crippen molar-refractivity contribution < 1.29 is 0 Å². The molecule has 8 atom stereocenters. The lowest BCUT2D eigenvalue weighted by molar-refractivity contribution is -0.313. The first kappa shape index (κ1) is 7.72. The minimum absolute atomic E-state index is 1.10. The molecular formula is C18H16. The van der Waals surface area contributed by atoms with Crippen LogP contribution in [0.15, 0.2) is 0 Å². The Hall–Kier alpha value is -0.780. The van der Waals surface area contributed by atoms with Crippen molar-refractivity contribution in [3.05, 3.63) is 32.7 Å². The van der Waals surface area contributed by atoms with Crippen LogP contribution in [0.25, 0.3) is 0 Å². The number of benzene rings is 1. The van der Waals surface area contributed by atoms with Crippen molar-refractivity contribution in [3.63, 3.8) is 0 Å². The molecule has 0 aromatic carbocycles. The Labute approximate surface area is 106 Å². The molecule has 0 spiro atoms. The molecule has 8 unspecified atom stereocenters. The van der Waals surface area contributed by atoms with Crippen molar-refractivity contribution in [1.82, 2.24) is 0 Å². The fourth-order valence-electron chi connectivity index (χ4n) is 7.98. The van der Waals surface area contributed by atoms with Crippen molar-refractivity contribution in [2.75, 3.05) is 0 Å². The minimum Gasteiger partial charge on any atom is -0.0496 e. The van der Waals surface area contributed by atoms with E-state index in [0.29, 0.717) is 0 Å².